The summed E-state index contributed by atoms with van der Waals surface area (Å²) in [5.74, 6) is 0.231. The number of hydrogen-bond donors (Lipinski definition) is 1. The highest BCUT2D eigenvalue weighted by Crippen LogP contribution is 2.40. The summed E-state index contributed by atoms with van der Waals surface area (Å²) in [5, 5.41) is 9.56. The van der Waals surface area contributed by atoms with Gasteiger partial charge in [-0.05, 0) is 51.6 Å². The summed E-state index contributed by atoms with van der Waals surface area (Å²) in [4.78, 5) is 25.3. The number of nitrogens with zero attached hydrogens (tertiary/aromatic N) is 4. The van der Waals surface area contributed by atoms with E-state index in [4.69, 9.17) is 0 Å². The number of aliphatic hydroxyl groups excluding tert-OH is 1. The maximum Gasteiger partial charge on any atom is 0.222 e. The number of aliphatic hydroxyl groups is 1. The van der Waals surface area contributed by atoms with Crippen molar-refractivity contribution in [2.75, 3.05) is 26.2 Å². The van der Waals surface area contributed by atoms with Crippen LogP contribution in [0.5, 0.6) is 0 Å². The molecule has 2 aliphatic heterocycles. The van der Waals surface area contributed by atoms with E-state index < -0.39 is 0 Å². The minimum absolute atomic E-state index is 0.231. The monoisotopic (exact) mass is 332 g/mol. The van der Waals surface area contributed by atoms with Crippen LogP contribution in [0, 0.1) is 12.3 Å². The Bertz CT molecular complexity index is 565. The molecule has 1 aromatic heterocycles. The highest BCUT2D eigenvalue weighted by atomic mass is 16.3. The van der Waals surface area contributed by atoms with Crippen molar-refractivity contribution < 1.29 is 9.90 Å². The molecule has 0 aromatic carbocycles. The lowest BCUT2D eigenvalue weighted by atomic mass is 9.72. The molecule has 3 rings (SSSR count). The average molecular weight is 332 g/mol. The molecule has 1 aromatic rings. The van der Waals surface area contributed by atoms with Gasteiger partial charge in [0.25, 0.3) is 0 Å². The van der Waals surface area contributed by atoms with Gasteiger partial charge in [0, 0.05) is 25.7 Å². The molecule has 24 heavy (non-hydrogen) atoms. The lowest BCUT2D eigenvalue weighted by molar-refractivity contribution is -0.140. The molecule has 2 aliphatic rings. The molecule has 6 heteroatoms. The Balaban J connectivity index is 1.61. The van der Waals surface area contributed by atoms with Gasteiger partial charge in [-0.2, -0.15) is 0 Å². The molecule has 0 saturated carbocycles. The molecule has 1 unspecified atom stereocenters. The number of carbonyl (C=O) groups excluding carboxylic acids is 1. The van der Waals surface area contributed by atoms with E-state index in [0.717, 1.165) is 56.8 Å². The molecular formula is C18H28N4O2. The first-order valence-electron chi connectivity index (χ1n) is 8.91. The number of amides is 1. The Morgan fingerprint density at radius 3 is 2.62 bits per heavy atom. The van der Waals surface area contributed by atoms with E-state index in [1.165, 1.54) is 0 Å². The van der Waals surface area contributed by atoms with E-state index >= 15 is 0 Å². The van der Waals surface area contributed by atoms with Crippen molar-refractivity contribution in [3.05, 3.63) is 23.8 Å². The minimum Gasteiger partial charge on any atom is -0.392 e. The lowest BCUT2D eigenvalue weighted by Gasteiger charge is -2.47. The fourth-order valence-electron chi connectivity index (χ4n) is 3.93. The SMILES string of the molecule is Cc1cnc(CN2CC3(CCC2=O)CCN(CC(C)O)CC3)cn1. The van der Waals surface area contributed by atoms with Gasteiger partial charge in [-0.3, -0.25) is 14.8 Å². The number of β-amino-alcohol motifs (C(OH)–C–C–N with tert-alkyl or cyclic N) is 1. The van der Waals surface area contributed by atoms with Crippen LogP contribution in [0.25, 0.3) is 0 Å². The number of likely N-dealkylation sites (tertiary alicyclic amines) is 2. The number of carbonyl (C=O) groups is 1. The number of aromatic nitrogens is 2. The molecule has 1 N–H and O–H groups in total. The van der Waals surface area contributed by atoms with Gasteiger partial charge in [-0.15, -0.1) is 0 Å². The van der Waals surface area contributed by atoms with Crippen LogP contribution in [0.3, 0.4) is 0 Å². The molecular weight excluding hydrogens is 304 g/mol. The third-order valence-corrected chi connectivity index (χ3v) is 5.37. The summed E-state index contributed by atoms with van der Waals surface area (Å²) in [5.41, 5.74) is 1.99. The van der Waals surface area contributed by atoms with E-state index in [2.05, 4.69) is 14.9 Å². The second kappa shape index (κ2) is 7.15. The van der Waals surface area contributed by atoms with E-state index in [0.29, 0.717) is 13.0 Å². The van der Waals surface area contributed by atoms with Crippen molar-refractivity contribution >= 4 is 5.91 Å². The summed E-state index contributed by atoms with van der Waals surface area (Å²) < 4.78 is 0. The highest BCUT2D eigenvalue weighted by Gasteiger charge is 2.41. The maximum absolute atomic E-state index is 12.3. The standard InChI is InChI=1S/C18H28N4O2/c1-14-9-20-16(10-19-14)12-22-13-18(4-3-17(22)24)5-7-21(8-6-18)11-15(2)23/h9-10,15,23H,3-8,11-13H2,1-2H3. The Morgan fingerprint density at radius 1 is 1.25 bits per heavy atom. The van der Waals surface area contributed by atoms with Gasteiger partial charge < -0.3 is 14.9 Å². The van der Waals surface area contributed by atoms with Crippen LogP contribution < -0.4 is 0 Å². The Labute approximate surface area is 143 Å². The first-order chi connectivity index (χ1) is 11.5. The van der Waals surface area contributed by atoms with Crippen molar-refractivity contribution in [2.45, 2.75) is 52.2 Å². The van der Waals surface area contributed by atoms with Gasteiger partial charge >= 0.3 is 0 Å². The summed E-state index contributed by atoms with van der Waals surface area (Å²) in [6.07, 6.45) is 7.08. The van der Waals surface area contributed by atoms with Crippen molar-refractivity contribution in [1.29, 1.82) is 0 Å². The quantitative estimate of drug-likeness (QED) is 0.902. The number of aryl methyl sites for hydroxylation is 1. The Morgan fingerprint density at radius 2 is 2.00 bits per heavy atom. The molecule has 0 aliphatic carbocycles. The van der Waals surface area contributed by atoms with Crippen molar-refractivity contribution in [1.82, 2.24) is 19.8 Å². The first-order valence-corrected chi connectivity index (χ1v) is 8.91. The van der Waals surface area contributed by atoms with Crippen LogP contribution in [0.1, 0.15) is 44.0 Å². The average Bonchev–Trinajstić information content (AvgIpc) is 2.55. The van der Waals surface area contributed by atoms with Crippen molar-refractivity contribution in [3.63, 3.8) is 0 Å². The zero-order valence-corrected chi connectivity index (χ0v) is 14.7. The molecule has 1 amide bonds. The number of piperidine rings is 2. The predicted molar refractivity (Wildman–Crippen MR) is 91.2 cm³/mol. The molecule has 2 saturated heterocycles. The minimum atomic E-state index is -0.274. The van der Waals surface area contributed by atoms with E-state index in [1.54, 1.807) is 12.4 Å². The molecule has 1 spiro atoms. The molecule has 132 valence electrons. The molecule has 1 atom stereocenters. The summed E-state index contributed by atoms with van der Waals surface area (Å²) in [6, 6.07) is 0. The molecule has 2 fully saturated rings. The van der Waals surface area contributed by atoms with Gasteiger partial charge in [0.2, 0.25) is 5.91 Å². The van der Waals surface area contributed by atoms with Gasteiger partial charge in [-0.1, -0.05) is 0 Å². The third-order valence-electron chi connectivity index (χ3n) is 5.37. The fraction of sp³-hybridized carbons (Fsp3) is 0.722. The van der Waals surface area contributed by atoms with Crippen LogP contribution in [-0.4, -0.2) is 63.1 Å². The fourth-order valence-corrected chi connectivity index (χ4v) is 3.93. The Hall–Kier alpha value is -1.53. The van der Waals surface area contributed by atoms with Gasteiger partial charge in [-0.25, -0.2) is 0 Å². The van der Waals surface area contributed by atoms with Gasteiger partial charge in [0.15, 0.2) is 0 Å². The zero-order chi connectivity index (χ0) is 17.2. The summed E-state index contributed by atoms with van der Waals surface area (Å²) in [6.45, 7) is 7.91. The topological polar surface area (TPSA) is 69.6 Å². The Kier molecular flexibility index (Phi) is 5.15. The van der Waals surface area contributed by atoms with Gasteiger partial charge in [0.05, 0.1) is 30.2 Å². The van der Waals surface area contributed by atoms with Crippen LogP contribution in [0.2, 0.25) is 0 Å². The predicted octanol–water partition coefficient (Wildman–Crippen LogP) is 1.37. The highest BCUT2D eigenvalue weighted by molar-refractivity contribution is 5.77. The zero-order valence-electron chi connectivity index (χ0n) is 14.7. The van der Waals surface area contributed by atoms with Crippen molar-refractivity contribution in [2.24, 2.45) is 5.41 Å². The lowest BCUT2D eigenvalue weighted by Crippen LogP contribution is -2.51. The van der Waals surface area contributed by atoms with Crippen LogP contribution in [0.4, 0.5) is 0 Å². The molecule has 6 nitrogen and oxygen atoms in total. The summed E-state index contributed by atoms with van der Waals surface area (Å²) in [7, 11) is 0. The number of rotatable bonds is 4. The maximum atomic E-state index is 12.3. The third kappa shape index (κ3) is 4.11. The smallest absolute Gasteiger partial charge is 0.222 e. The normalized spacial score (nSPS) is 22.8. The molecule has 0 radical (unpaired) electrons. The second-order valence-electron chi connectivity index (χ2n) is 7.55. The summed E-state index contributed by atoms with van der Waals surface area (Å²) >= 11 is 0. The van der Waals surface area contributed by atoms with Crippen LogP contribution >= 0.6 is 0 Å². The second-order valence-corrected chi connectivity index (χ2v) is 7.55. The van der Waals surface area contributed by atoms with E-state index in [1.807, 2.05) is 18.7 Å². The van der Waals surface area contributed by atoms with E-state index in [9.17, 15) is 9.90 Å². The molecule has 3 heterocycles. The first kappa shape index (κ1) is 17.3. The van der Waals surface area contributed by atoms with E-state index in [-0.39, 0.29) is 17.4 Å². The molecule has 0 bridgehead atoms. The van der Waals surface area contributed by atoms with Gasteiger partial charge in [0.1, 0.15) is 0 Å². The number of hydrogen-bond acceptors (Lipinski definition) is 5. The van der Waals surface area contributed by atoms with Crippen LogP contribution in [0.15, 0.2) is 12.4 Å². The largest absolute Gasteiger partial charge is 0.392 e. The van der Waals surface area contributed by atoms with Crippen molar-refractivity contribution in [3.8, 4) is 0 Å². The van der Waals surface area contributed by atoms with Crippen LogP contribution in [-0.2, 0) is 11.3 Å².